The summed E-state index contributed by atoms with van der Waals surface area (Å²) >= 11 is 0. The maximum absolute atomic E-state index is 12.9. The number of fused-ring (bicyclic) bond motifs is 1. The predicted molar refractivity (Wildman–Crippen MR) is 116 cm³/mol. The topological polar surface area (TPSA) is 84.6 Å². The SMILES string of the molecule is N#CC1=Cc2cc(-c3ccc(C(=O)N4CCN(C(=O)C5(O)CC5)CC4)cc3)ccc2C1. The average molecular weight is 413 g/mol. The van der Waals surface area contributed by atoms with E-state index in [0.29, 0.717) is 51.0 Å². The van der Waals surface area contributed by atoms with Gasteiger partial charge in [-0.25, -0.2) is 0 Å². The van der Waals surface area contributed by atoms with Crippen LogP contribution in [0.15, 0.2) is 48.0 Å². The average Bonchev–Trinajstić information content (AvgIpc) is 3.43. The third kappa shape index (κ3) is 3.62. The van der Waals surface area contributed by atoms with Crippen molar-refractivity contribution in [1.82, 2.24) is 9.80 Å². The van der Waals surface area contributed by atoms with Gasteiger partial charge in [-0.2, -0.15) is 5.26 Å². The van der Waals surface area contributed by atoms with Crippen molar-refractivity contribution in [2.24, 2.45) is 0 Å². The number of hydrogen-bond acceptors (Lipinski definition) is 4. The van der Waals surface area contributed by atoms with Crippen LogP contribution in [0.25, 0.3) is 17.2 Å². The Morgan fingerprint density at radius 1 is 0.935 bits per heavy atom. The molecule has 3 aliphatic rings. The van der Waals surface area contributed by atoms with Crippen molar-refractivity contribution in [3.05, 3.63) is 64.7 Å². The van der Waals surface area contributed by atoms with Gasteiger partial charge < -0.3 is 14.9 Å². The van der Waals surface area contributed by atoms with E-state index in [1.54, 1.807) is 9.80 Å². The minimum atomic E-state index is -1.15. The van der Waals surface area contributed by atoms with Crippen molar-refractivity contribution < 1.29 is 14.7 Å². The normalized spacial score (nSPS) is 18.8. The molecule has 2 aromatic carbocycles. The second-order valence-corrected chi connectivity index (χ2v) is 8.57. The van der Waals surface area contributed by atoms with Gasteiger partial charge in [0.2, 0.25) is 0 Å². The highest BCUT2D eigenvalue weighted by Crippen LogP contribution is 2.37. The molecular formula is C25H23N3O3. The molecule has 6 nitrogen and oxygen atoms in total. The Morgan fingerprint density at radius 2 is 1.58 bits per heavy atom. The number of hydrogen-bond donors (Lipinski definition) is 1. The number of aliphatic hydroxyl groups is 1. The molecule has 0 spiro atoms. The molecule has 2 aromatic rings. The van der Waals surface area contributed by atoms with E-state index in [9.17, 15) is 14.7 Å². The van der Waals surface area contributed by atoms with Crippen LogP contribution >= 0.6 is 0 Å². The minimum Gasteiger partial charge on any atom is -0.380 e. The number of allylic oxidation sites excluding steroid dienone is 1. The van der Waals surface area contributed by atoms with Gasteiger partial charge >= 0.3 is 0 Å². The van der Waals surface area contributed by atoms with E-state index in [0.717, 1.165) is 22.3 Å². The summed E-state index contributed by atoms with van der Waals surface area (Å²) in [5, 5.41) is 19.1. The molecular weight excluding hydrogens is 390 g/mol. The smallest absolute Gasteiger partial charge is 0.254 e. The summed E-state index contributed by atoms with van der Waals surface area (Å²) in [5.74, 6) is -0.241. The number of rotatable bonds is 3. The van der Waals surface area contributed by atoms with E-state index in [1.807, 2.05) is 36.4 Å². The fourth-order valence-electron chi connectivity index (χ4n) is 4.31. The maximum Gasteiger partial charge on any atom is 0.254 e. The van der Waals surface area contributed by atoms with Gasteiger partial charge in [0.1, 0.15) is 5.60 Å². The number of benzene rings is 2. The molecule has 2 fully saturated rings. The van der Waals surface area contributed by atoms with Crippen LogP contribution in [0.1, 0.15) is 34.3 Å². The van der Waals surface area contributed by atoms with Crippen LogP contribution in [0, 0.1) is 11.3 Å². The Hall–Kier alpha value is -3.43. The molecule has 0 aromatic heterocycles. The lowest BCUT2D eigenvalue weighted by Crippen LogP contribution is -2.53. The Bertz CT molecular complexity index is 1130. The standard InChI is InChI=1S/C25H23N3O3/c26-16-17-13-20-5-6-21(15-22(20)14-17)18-1-3-19(4-2-18)23(29)27-9-11-28(12-10-27)24(30)25(31)7-8-25/h1-6,14-15,31H,7-13H2. The molecule has 2 aliphatic carbocycles. The number of nitriles is 1. The van der Waals surface area contributed by atoms with Crippen LogP contribution in [0.4, 0.5) is 0 Å². The largest absolute Gasteiger partial charge is 0.380 e. The Balaban J connectivity index is 1.25. The second kappa shape index (κ2) is 7.36. The Kier molecular flexibility index (Phi) is 4.64. The fourth-order valence-corrected chi connectivity index (χ4v) is 4.31. The van der Waals surface area contributed by atoms with Gasteiger partial charge in [0, 0.05) is 43.7 Å². The quantitative estimate of drug-likeness (QED) is 0.838. The molecule has 2 amide bonds. The van der Waals surface area contributed by atoms with Crippen LogP contribution in [-0.4, -0.2) is 58.5 Å². The van der Waals surface area contributed by atoms with Gasteiger partial charge in [-0.1, -0.05) is 24.3 Å². The van der Waals surface area contributed by atoms with Gasteiger partial charge in [-0.3, -0.25) is 9.59 Å². The highest BCUT2D eigenvalue weighted by Gasteiger charge is 2.50. The summed E-state index contributed by atoms with van der Waals surface area (Å²) in [6.07, 6.45) is 3.70. The van der Waals surface area contributed by atoms with Crippen molar-refractivity contribution in [2.45, 2.75) is 24.9 Å². The zero-order valence-corrected chi connectivity index (χ0v) is 17.2. The summed E-state index contributed by atoms with van der Waals surface area (Å²) < 4.78 is 0. The number of carbonyl (C=O) groups excluding carboxylic acids is 2. The molecule has 6 heteroatoms. The van der Waals surface area contributed by atoms with Crippen LogP contribution in [0.5, 0.6) is 0 Å². The van der Waals surface area contributed by atoms with Crippen LogP contribution in [0.2, 0.25) is 0 Å². The highest BCUT2D eigenvalue weighted by atomic mass is 16.3. The summed E-state index contributed by atoms with van der Waals surface area (Å²) in [7, 11) is 0. The number of carbonyl (C=O) groups is 2. The van der Waals surface area contributed by atoms with Crippen LogP contribution in [-0.2, 0) is 11.2 Å². The maximum atomic E-state index is 12.9. The summed E-state index contributed by atoms with van der Waals surface area (Å²) in [6.45, 7) is 1.86. The monoisotopic (exact) mass is 413 g/mol. The third-order valence-corrected chi connectivity index (χ3v) is 6.44. The molecule has 1 N–H and O–H groups in total. The zero-order chi connectivity index (χ0) is 21.6. The molecule has 1 heterocycles. The van der Waals surface area contributed by atoms with Crippen LogP contribution < -0.4 is 0 Å². The highest BCUT2D eigenvalue weighted by molar-refractivity contribution is 5.95. The molecule has 31 heavy (non-hydrogen) atoms. The van der Waals surface area contributed by atoms with Gasteiger partial charge in [0.05, 0.1) is 6.07 Å². The first-order valence-electron chi connectivity index (χ1n) is 10.6. The summed E-state index contributed by atoms with van der Waals surface area (Å²) in [6, 6.07) is 16.0. The molecule has 1 saturated heterocycles. The first-order valence-corrected chi connectivity index (χ1v) is 10.6. The molecule has 1 saturated carbocycles. The first kappa shape index (κ1) is 19.5. The zero-order valence-electron chi connectivity index (χ0n) is 17.2. The summed E-state index contributed by atoms with van der Waals surface area (Å²) in [5.41, 5.74) is 4.57. The van der Waals surface area contributed by atoms with Crippen molar-refractivity contribution in [1.29, 1.82) is 5.26 Å². The lowest BCUT2D eigenvalue weighted by molar-refractivity contribution is -0.143. The summed E-state index contributed by atoms with van der Waals surface area (Å²) in [4.78, 5) is 28.6. The molecule has 1 aliphatic heterocycles. The van der Waals surface area contributed by atoms with E-state index in [4.69, 9.17) is 5.26 Å². The lowest BCUT2D eigenvalue weighted by atomic mass is 9.99. The first-order chi connectivity index (χ1) is 15.0. The van der Waals surface area contributed by atoms with Gasteiger partial charge in [0.25, 0.3) is 11.8 Å². The van der Waals surface area contributed by atoms with Gasteiger partial charge in [-0.15, -0.1) is 0 Å². The Labute approximate surface area is 181 Å². The second-order valence-electron chi connectivity index (χ2n) is 8.57. The molecule has 0 radical (unpaired) electrons. The van der Waals surface area contributed by atoms with Gasteiger partial charge in [-0.05, 0) is 59.4 Å². The number of nitrogens with zero attached hydrogens (tertiary/aromatic N) is 3. The van der Waals surface area contributed by atoms with Crippen molar-refractivity contribution >= 4 is 17.9 Å². The van der Waals surface area contributed by atoms with E-state index in [2.05, 4.69) is 18.2 Å². The molecule has 0 unspecified atom stereocenters. The van der Waals surface area contributed by atoms with Gasteiger partial charge in [0.15, 0.2) is 0 Å². The fraction of sp³-hybridized carbons (Fsp3) is 0.320. The number of amides is 2. The number of piperazine rings is 1. The molecule has 0 bridgehead atoms. The van der Waals surface area contributed by atoms with Crippen molar-refractivity contribution in [3.8, 4) is 17.2 Å². The van der Waals surface area contributed by atoms with Crippen molar-refractivity contribution in [2.75, 3.05) is 26.2 Å². The molecule has 5 rings (SSSR count). The van der Waals surface area contributed by atoms with E-state index in [-0.39, 0.29) is 11.8 Å². The van der Waals surface area contributed by atoms with E-state index in [1.165, 1.54) is 5.56 Å². The lowest BCUT2D eigenvalue weighted by Gasteiger charge is -2.35. The van der Waals surface area contributed by atoms with Crippen LogP contribution in [0.3, 0.4) is 0 Å². The van der Waals surface area contributed by atoms with E-state index >= 15 is 0 Å². The van der Waals surface area contributed by atoms with Crippen molar-refractivity contribution in [3.63, 3.8) is 0 Å². The minimum absolute atomic E-state index is 0.0423. The predicted octanol–water partition coefficient (Wildman–Crippen LogP) is 2.63. The molecule has 156 valence electrons. The Morgan fingerprint density at radius 3 is 2.23 bits per heavy atom. The van der Waals surface area contributed by atoms with E-state index < -0.39 is 5.60 Å². The third-order valence-electron chi connectivity index (χ3n) is 6.44. The molecule has 0 atom stereocenters.